The maximum absolute atomic E-state index is 12.4. The van der Waals surface area contributed by atoms with E-state index in [0.717, 1.165) is 57.8 Å². The Bertz CT molecular complexity index is 874. The van der Waals surface area contributed by atoms with Gasteiger partial charge in [0.15, 0.2) is 0 Å². The van der Waals surface area contributed by atoms with Crippen LogP contribution < -0.4 is 5.32 Å². The molecule has 0 aromatic rings. The zero-order valence-corrected chi connectivity index (χ0v) is 37.4. The number of unbranched alkanes of at least 4 members (excludes halogenated alkanes) is 32. The first-order valence-corrected chi connectivity index (χ1v) is 24.6. The molecule has 6 nitrogen and oxygen atoms in total. The number of allylic oxidation sites excluding steroid dienone is 3. The first-order chi connectivity index (χ1) is 27.5. The second kappa shape index (κ2) is 46.0. The molecule has 1 amide bonds. The van der Waals surface area contributed by atoms with Gasteiger partial charge in [0, 0.05) is 12.8 Å². The van der Waals surface area contributed by atoms with E-state index < -0.39 is 12.1 Å². The zero-order valence-electron chi connectivity index (χ0n) is 37.4. The van der Waals surface area contributed by atoms with Gasteiger partial charge < -0.3 is 20.3 Å². The number of rotatable bonds is 45. The van der Waals surface area contributed by atoms with Crippen molar-refractivity contribution in [3.8, 4) is 0 Å². The van der Waals surface area contributed by atoms with Crippen molar-refractivity contribution in [1.29, 1.82) is 0 Å². The molecule has 0 fully saturated rings. The van der Waals surface area contributed by atoms with Crippen LogP contribution in [0.1, 0.15) is 258 Å². The molecule has 0 aliphatic carbocycles. The van der Waals surface area contributed by atoms with Gasteiger partial charge in [0.05, 0.1) is 25.4 Å². The van der Waals surface area contributed by atoms with Crippen molar-refractivity contribution in [2.45, 2.75) is 270 Å². The molecular formula is C50H95NO5. The summed E-state index contributed by atoms with van der Waals surface area (Å²) in [5.41, 5.74) is 0. The number of aliphatic hydroxyl groups is 2. The Morgan fingerprint density at radius 3 is 1.29 bits per heavy atom. The lowest BCUT2D eigenvalue weighted by molar-refractivity contribution is -0.143. The molecule has 0 bridgehead atoms. The molecule has 0 spiro atoms. The number of aliphatic hydroxyl groups excluding tert-OH is 2. The molecule has 0 heterocycles. The van der Waals surface area contributed by atoms with E-state index in [1.54, 1.807) is 6.08 Å². The Labute approximate surface area is 348 Å². The number of carbonyl (C=O) groups is 2. The Kier molecular flexibility index (Phi) is 44.7. The predicted octanol–water partition coefficient (Wildman–Crippen LogP) is 14.3. The highest BCUT2D eigenvalue weighted by atomic mass is 16.5. The highest BCUT2D eigenvalue weighted by molar-refractivity contribution is 5.76. The molecule has 0 rings (SSSR count). The number of nitrogens with one attached hydrogen (secondary N) is 1. The molecule has 56 heavy (non-hydrogen) atoms. The summed E-state index contributed by atoms with van der Waals surface area (Å²) in [6, 6.07) is -0.644. The standard InChI is InChI=1S/C50H95NO5/c1-3-5-7-9-11-13-15-17-18-19-21-22-26-30-34-38-42-48(53)47(46-52)51-49(54)43-39-35-31-27-24-25-29-33-37-41-45-56-50(55)44-40-36-32-28-23-20-16-14-12-10-8-6-4-2/h14,16,38,42,47-48,52-53H,3-13,15,17-37,39-41,43-46H2,1-2H3,(H,51,54)/b16-14-,42-38+. The summed E-state index contributed by atoms with van der Waals surface area (Å²) in [5.74, 6) is -0.121. The lowest BCUT2D eigenvalue weighted by atomic mass is 10.0. The van der Waals surface area contributed by atoms with E-state index in [2.05, 4.69) is 31.3 Å². The van der Waals surface area contributed by atoms with Crippen LogP contribution in [0.5, 0.6) is 0 Å². The summed E-state index contributed by atoms with van der Waals surface area (Å²) in [6.45, 7) is 4.83. The maximum atomic E-state index is 12.4. The summed E-state index contributed by atoms with van der Waals surface area (Å²) < 4.78 is 5.44. The SMILES string of the molecule is CCCCCC/C=C\CCCCCCCC(=O)OCCCCCCCCCCCCC(=O)NC(CO)C(O)/C=C/CCCCCCCCCCCCCCCC. The number of hydrogen-bond acceptors (Lipinski definition) is 5. The fourth-order valence-corrected chi connectivity index (χ4v) is 7.39. The largest absolute Gasteiger partial charge is 0.466 e. The van der Waals surface area contributed by atoms with Gasteiger partial charge in [0.1, 0.15) is 0 Å². The van der Waals surface area contributed by atoms with Crippen LogP contribution in [0.15, 0.2) is 24.3 Å². The first kappa shape index (κ1) is 54.3. The average molecular weight is 790 g/mol. The van der Waals surface area contributed by atoms with Crippen molar-refractivity contribution in [3.63, 3.8) is 0 Å². The van der Waals surface area contributed by atoms with Gasteiger partial charge in [-0.1, -0.05) is 212 Å². The van der Waals surface area contributed by atoms with Crippen LogP contribution in [-0.2, 0) is 14.3 Å². The van der Waals surface area contributed by atoms with Gasteiger partial charge >= 0.3 is 5.97 Å². The first-order valence-electron chi connectivity index (χ1n) is 24.6. The molecule has 0 saturated heterocycles. The third-order valence-electron chi connectivity index (χ3n) is 11.2. The Hall–Kier alpha value is -1.66. The smallest absolute Gasteiger partial charge is 0.305 e. The zero-order chi connectivity index (χ0) is 40.8. The van der Waals surface area contributed by atoms with E-state index in [1.165, 1.54) is 173 Å². The van der Waals surface area contributed by atoms with Crippen molar-refractivity contribution in [3.05, 3.63) is 24.3 Å². The molecule has 3 N–H and O–H groups in total. The molecule has 6 heteroatoms. The third-order valence-corrected chi connectivity index (χ3v) is 11.2. The van der Waals surface area contributed by atoms with Gasteiger partial charge in [-0.2, -0.15) is 0 Å². The van der Waals surface area contributed by atoms with Crippen LogP contribution in [0.3, 0.4) is 0 Å². The Morgan fingerprint density at radius 2 is 0.839 bits per heavy atom. The summed E-state index contributed by atoms with van der Waals surface area (Å²) in [5, 5.41) is 23.0. The molecular weight excluding hydrogens is 695 g/mol. The fraction of sp³-hybridized carbons (Fsp3) is 0.880. The molecule has 0 aromatic carbocycles. The number of ether oxygens (including phenoxy) is 1. The van der Waals surface area contributed by atoms with Crippen LogP contribution in [0.2, 0.25) is 0 Å². The topological polar surface area (TPSA) is 95.9 Å². The summed E-state index contributed by atoms with van der Waals surface area (Å²) >= 11 is 0. The van der Waals surface area contributed by atoms with Crippen LogP contribution in [0.4, 0.5) is 0 Å². The minimum absolute atomic E-state index is 0.0304. The lowest BCUT2D eigenvalue weighted by Gasteiger charge is -2.20. The Morgan fingerprint density at radius 1 is 0.482 bits per heavy atom. The molecule has 330 valence electrons. The van der Waals surface area contributed by atoms with Gasteiger partial charge in [-0.15, -0.1) is 0 Å². The van der Waals surface area contributed by atoms with Crippen molar-refractivity contribution in [1.82, 2.24) is 5.32 Å². The molecule has 0 radical (unpaired) electrons. The van der Waals surface area contributed by atoms with Gasteiger partial charge in [-0.25, -0.2) is 0 Å². The van der Waals surface area contributed by atoms with E-state index in [0.29, 0.717) is 19.4 Å². The van der Waals surface area contributed by atoms with Gasteiger partial charge in [-0.05, 0) is 57.8 Å². The third kappa shape index (κ3) is 42.0. The molecule has 0 aliphatic heterocycles. The maximum Gasteiger partial charge on any atom is 0.305 e. The van der Waals surface area contributed by atoms with E-state index in [1.807, 2.05) is 6.08 Å². The number of amides is 1. The van der Waals surface area contributed by atoms with Gasteiger partial charge in [0.25, 0.3) is 0 Å². The minimum Gasteiger partial charge on any atom is -0.466 e. The second-order valence-electron chi connectivity index (χ2n) is 16.8. The van der Waals surface area contributed by atoms with Crippen molar-refractivity contribution < 1.29 is 24.5 Å². The number of esters is 1. The highest BCUT2D eigenvalue weighted by Gasteiger charge is 2.18. The second-order valence-corrected chi connectivity index (χ2v) is 16.8. The van der Waals surface area contributed by atoms with Crippen LogP contribution >= 0.6 is 0 Å². The summed E-state index contributed by atoms with van der Waals surface area (Å²) in [6.07, 6.45) is 53.1. The fourth-order valence-electron chi connectivity index (χ4n) is 7.39. The number of carbonyl (C=O) groups excluding carboxylic acids is 2. The molecule has 2 atom stereocenters. The molecule has 0 saturated carbocycles. The monoisotopic (exact) mass is 790 g/mol. The Balaban J connectivity index is 3.54. The van der Waals surface area contributed by atoms with Crippen LogP contribution in [0.25, 0.3) is 0 Å². The van der Waals surface area contributed by atoms with E-state index >= 15 is 0 Å². The predicted molar refractivity (Wildman–Crippen MR) is 241 cm³/mol. The van der Waals surface area contributed by atoms with Crippen molar-refractivity contribution in [2.24, 2.45) is 0 Å². The minimum atomic E-state index is -0.858. The quantitative estimate of drug-likeness (QED) is 0.0324. The average Bonchev–Trinajstić information content (AvgIpc) is 3.20. The lowest BCUT2D eigenvalue weighted by Crippen LogP contribution is -2.45. The normalized spacial score (nSPS) is 12.9. The summed E-state index contributed by atoms with van der Waals surface area (Å²) in [7, 11) is 0. The van der Waals surface area contributed by atoms with E-state index in [-0.39, 0.29) is 18.5 Å². The van der Waals surface area contributed by atoms with Crippen LogP contribution in [0, 0.1) is 0 Å². The van der Waals surface area contributed by atoms with Gasteiger partial charge in [-0.3, -0.25) is 9.59 Å². The molecule has 0 aromatic heterocycles. The molecule has 2 unspecified atom stereocenters. The van der Waals surface area contributed by atoms with Crippen LogP contribution in [-0.4, -0.2) is 47.4 Å². The van der Waals surface area contributed by atoms with Crippen molar-refractivity contribution in [2.75, 3.05) is 13.2 Å². The molecule has 0 aliphatic rings. The van der Waals surface area contributed by atoms with E-state index in [4.69, 9.17) is 4.74 Å². The highest BCUT2D eigenvalue weighted by Crippen LogP contribution is 2.15. The van der Waals surface area contributed by atoms with Gasteiger partial charge in [0.2, 0.25) is 5.91 Å². The number of hydrogen-bond donors (Lipinski definition) is 3. The van der Waals surface area contributed by atoms with Crippen molar-refractivity contribution >= 4 is 11.9 Å². The van der Waals surface area contributed by atoms with E-state index in [9.17, 15) is 19.8 Å². The summed E-state index contributed by atoms with van der Waals surface area (Å²) in [4.78, 5) is 24.4.